The Labute approximate surface area is 97.4 Å². The maximum atomic E-state index is 6.25. The van der Waals surface area contributed by atoms with Crippen LogP contribution in [-0.2, 0) is 0 Å². The van der Waals surface area contributed by atoms with Crippen molar-refractivity contribution in [1.82, 2.24) is 4.90 Å². The van der Waals surface area contributed by atoms with Crippen molar-refractivity contribution >= 4 is 0 Å². The van der Waals surface area contributed by atoms with Crippen molar-refractivity contribution in [2.75, 3.05) is 6.54 Å². The number of piperidine rings is 1. The highest BCUT2D eigenvalue weighted by molar-refractivity contribution is 5.20. The number of nitrogens with zero attached hydrogens (tertiary/aromatic N) is 1. The molecule has 1 heterocycles. The van der Waals surface area contributed by atoms with Gasteiger partial charge in [0.2, 0.25) is 0 Å². The molecule has 4 atom stereocenters. The summed E-state index contributed by atoms with van der Waals surface area (Å²) in [5.41, 5.74) is 7.67. The topological polar surface area (TPSA) is 29.3 Å². The predicted octanol–water partition coefficient (Wildman–Crippen LogP) is 2.17. The van der Waals surface area contributed by atoms with Crippen LogP contribution in [0.15, 0.2) is 30.3 Å². The van der Waals surface area contributed by atoms with Crippen LogP contribution < -0.4 is 5.73 Å². The Morgan fingerprint density at radius 1 is 1.25 bits per heavy atom. The van der Waals surface area contributed by atoms with Crippen LogP contribution in [0, 0.1) is 5.92 Å². The number of benzene rings is 1. The van der Waals surface area contributed by atoms with Gasteiger partial charge in [-0.05, 0) is 31.2 Å². The number of nitrogens with two attached hydrogens (primary N) is 1. The summed E-state index contributed by atoms with van der Waals surface area (Å²) in [5.74, 6) is 0.746. The normalized spacial score (nSPS) is 35.5. The number of hydrogen-bond acceptors (Lipinski definition) is 2. The van der Waals surface area contributed by atoms with Gasteiger partial charge in [-0.1, -0.05) is 30.3 Å². The third-order valence-electron chi connectivity index (χ3n) is 4.47. The lowest BCUT2D eigenvalue weighted by Crippen LogP contribution is -2.38. The first-order valence-corrected chi connectivity index (χ1v) is 6.33. The van der Waals surface area contributed by atoms with Crippen molar-refractivity contribution in [2.24, 2.45) is 11.7 Å². The molecule has 4 unspecified atom stereocenters. The van der Waals surface area contributed by atoms with Gasteiger partial charge < -0.3 is 5.73 Å². The molecule has 0 radical (unpaired) electrons. The molecule has 86 valence electrons. The maximum Gasteiger partial charge on any atom is 0.0323 e. The third-order valence-corrected chi connectivity index (χ3v) is 4.47. The lowest BCUT2D eigenvalue weighted by Gasteiger charge is -2.33. The zero-order valence-corrected chi connectivity index (χ0v) is 9.84. The van der Waals surface area contributed by atoms with Crippen molar-refractivity contribution in [3.05, 3.63) is 35.9 Å². The fraction of sp³-hybridized carbons (Fsp3) is 0.571. The lowest BCUT2D eigenvalue weighted by atomic mass is 10.0. The molecular formula is C14H20N2. The maximum absolute atomic E-state index is 6.25. The molecule has 2 heteroatoms. The molecule has 0 amide bonds. The fourth-order valence-electron chi connectivity index (χ4n) is 3.46. The monoisotopic (exact) mass is 216 g/mol. The SMILES string of the molecule is CC(c1ccccc1)N1CC2CCC1C2N. The van der Waals surface area contributed by atoms with Gasteiger partial charge in [-0.25, -0.2) is 0 Å². The van der Waals surface area contributed by atoms with Gasteiger partial charge in [0.25, 0.3) is 0 Å². The minimum Gasteiger partial charge on any atom is -0.326 e. The van der Waals surface area contributed by atoms with Gasteiger partial charge in [0.15, 0.2) is 0 Å². The Morgan fingerprint density at radius 2 is 2.00 bits per heavy atom. The summed E-state index contributed by atoms with van der Waals surface area (Å²) in [6.45, 7) is 3.50. The average molecular weight is 216 g/mol. The molecular weight excluding hydrogens is 196 g/mol. The van der Waals surface area contributed by atoms with Crippen LogP contribution in [0.5, 0.6) is 0 Å². The van der Waals surface area contributed by atoms with Crippen molar-refractivity contribution < 1.29 is 0 Å². The van der Waals surface area contributed by atoms with Crippen molar-refractivity contribution in [3.8, 4) is 0 Å². The highest BCUT2D eigenvalue weighted by Crippen LogP contribution is 2.41. The molecule has 2 N–H and O–H groups in total. The summed E-state index contributed by atoms with van der Waals surface area (Å²) in [7, 11) is 0. The highest BCUT2D eigenvalue weighted by atomic mass is 15.2. The molecule has 1 aliphatic heterocycles. The van der Waals surface area contributed by atoms with E-state index in [4.69, 9.17) is 5.73 Å². The van der Waals surface area contributed by atoms with Crippen molar-refractivity contribution in [1.29, 1.82) is 0 Å². The summed E-state index contributed by atoms with van der Waals surface area (Å²) in [5, 5.41) is 0. The van der Waals surface area contributed by atoms with Crippen molar-refractivity contribution in [3.63, 3.8) is 0 Å². The molecule has 1 saturated carbocycles. The molecule has 2 aliphatic rings. The summed E-state index contributed by atoms with van der Waals surface area (Å²) in [6, 6.07) is 12.3. The average Bonchev–Trinajstić information content (AvgIpc) is 2.85. The van der Waals surface area contributed by atoms with Gasteiger partial charge in [-0.3, -0.25) is 4.90 Å². The minimum atomic E-state index is 0.422. The van der Waals surface area contributed by atoms with E-state index in [9.17, 15) is 0 Å². The van der Waals surface area contributed by atoms with E-state index in [-0.39, 0.29) is 0 Å². The molecule has 2 fully saturated rings. The Kier molecular flexibility index (Phi) is 2.49. The van der Waals surface area contributed by atoms with Gasteiger partial charge in [-0.15, -0.1) is 0 Å². The van der Waals surface area contributed by atoms with Gasteiger partial charge in [0, 0.05) is 24.7 Å². The van der Waals surface area contributed by atoms with E-state index in [1.54, 1.807) is 0 Å². The molecule has 1 saturated heterocycles. The predicted molar refractivity (Wildman–Crippen MR) is 66.1 cm³/mol. The Morgan fingerprint density at radius 3 is 2.56 bits per heavy atom. The van der Waals surface area contributed by atoms with Gasteiger partial charge in [0.05, 0.1) is 0 Å². The Hall–Kier alpha value is -0.860. The molecule has 2 nitrogen and oxygen atoms in total. The smallest absolute Gasteiger partial charge is 0.0323 e. The summed E-state index contributed by atoms with van der Waals surface area (Å²) < 4.78 is 0. The lowest BCUT2D eigenvalue weighted by molar-refractivity contribution is 0.158. The van der Waals surface area contributed by atoms with E-state index in [2.05, 4.69) is 42.2 Å². The number of rotatable bonds is 2. The summed E-state index contributed by atoms with van der Waals surface area (Å²) in [4.78, 5) is 2.61. The van der Waals surface area contributed by atoms with Gasteiger partial charge in [0.1, 0.15) is 0 Å². The molecule has 0 aromatic heterocycles. The van der Waals surface area contributed by atoms with E-state index in [1.807, 2.05) is 0 Å². The quantitative estimate of drug-likeness (QED) is 0.821. The second kappa shape index (κ2) is 3.86. The molecule has 0 spiro atoms. The molecule has 3 rings (SSSR count). The largest absolute Gasteiger partial charge is 0.326 e. The minimum absolute atomic E-state index is 0.422. The van der Waals surface area contributed by atoms with Crippen LogP contribution in [0.3, 0.4) is 0 Å². The number of likely N-dealkylation sites (tertiary alicyclic amines) is 1. The zero-order chi connectivity index (χ0) is 11.1. The molecule has 16 heavy (non-hydrogen) atoms. The second-order valence-corrected chi connectivity index (χ2v) is 5.27. The van der Waals surface area contributed by atoms with Crippen LogP contribution in [0.1, 0.15) is 31.4 Å². The van der Waals surface area contributed by atoms with Gasteiger partial charge >= 0.3 is 0 Å². The molecule has 1 aromatic rings. The Balaban J connectivity index is 1.80. The first-order chi connectivity index (χ1) is 7.77. The zero-order valence-electron chi connectivity index (χ0n) is 9.84. The second-order valence-electron chi connectivity index (χ2n) is 5.27. The Bertz CT molecular complexity index is 362. The van der Waals surface area contributed by atoms with Crippen LogP contribution in [0.2, 0.25) is 0 Å². The molecule has 2 bridgehead atoms. The number of fused-ring (bicyclic) bond motifs is 2. The van der Waals surface area contributed by atoms with Crippen molar-refractivity contribution in [2.45, 2.75) is 37.9 Å². The van der Waals surface area contributed by atoms with Crippen LogP contribution in [0.4, 0.5) is 0 Å². The number of hydrogen-bond donors (Lipinski definition) is 1. The van der Waals surface area contributed by atoms with Gasteiger partial charge in [-0.2, -0.15) is 0 Å². The first kappa shape index (κ1) is 10.3. The van der Waals surface area contributed by atoms with E-state index in [0.29, 0.717) is 18.1 Å². The summed E-state index contributed by atoms with van der Waals surface area (Å²) in [6.07, 6.45) is 2.63. The van der Waals surface area contributed by atoms with E-state index < -0.39 is 0 Å². The van der Waals surface area contributed by atoms with E-state index in [0.717, 1.165) is 5.92 Å². The van der Waals surface area contributed by atoms with E-state index in [1.165, 1.54) is 24.9 Å². The standard InChI is InChI=1S/C14H20N2/c1-10(11-5-3-2-4-6-11)16-9-12-7-8-13(16)14(12)15/h2-6,10,12-14H,7-9,15H2,1H3. The molecule has 1 aromatic carbocycles. The van der Waals surface area contributed by atoms with E-state index >= 15 is 0 Å². The third kappa shape index (κ3) is 1.48. The van der Waals surface area contributed by atoms with Crippen LogP contribution >= 0.6 is 0 Å². The highest BCUT2D eigenvalue weighted by Gasteiger charge is 2.46. The van der Waals surface area contributed by atoms with Crippen LogP contribution in [0.25, 0.3) is 0 Å². The summed E-state index contributed by atoms with van der Waals surface area (Å²) >= 11 is 0. The van der Waals surface area contributed by atoms with Crippen LogP contribution in [-0.4, -0.2) is 23.5 Å². The molecule has 1 aliphatic carbocycles. The fourth-order valence-corrected chi connectivity index (χ4v) is 3.46. The first-order valence-electron chi connectivity index (χ1n) is 6.33.